The summed E-state index contributed by atoms with van der Waals surface area (Å²) in [6.45, 7) is 0.602. The number of halogens is 2. The third kappa shape index (κ3) is 2.64. The Hall–Kier alpha value is -1.16. The number of hydrogen-bond acceptors (Lipinski definition) is 2. The maximum Gasteiger partial charge on any atom is 0.256 e. The van der Waals surface area contributed by atoms with Crippen LogP contribution >= 0.6 is 22.6 Å². The molecule has 2 rings (SSSR count). The van der Waals surface area contributed by atoms with Gasteiger partial charge in [-0.05, 0) is 60.1 Å². The lowest BCUT2D eigenvalue weighted by molar-refractivity contribution is 0.0669. The van der Waals surface area contributed by atoms with Crippen LogP contribution in [0.2, 0.25) is 0 Å². The maximum absolute atomic E-state index is 13.0. The molecule has 0 N–H and O–H groups in total. The SMILES string of the molecule is N#CC1CCCCN1C(=O)c1ccc(F)cc1I. The second-order valence-electron chi connectivity index (χ2n) is 4.26. The molecule has 0 radical (unpaired) electrons. The average Bonchev–Trinajstić information content (AvgIpc) is 2.38. The second-order valence-corrected chi connectivity index (χ2v) is 5.43. The van der Waals surface area contributed by atoms with Crippen molar-refractivity contribution in [3.05, 3.63) is 33.1 Å². The Labute approximate surface area is 119 Å². The number of carbonyl (C=O) groups is 1. The molecular weight excluding hydrogens is 346 g/mol. The van der Waals surface area contributed by atoms with E-state index in [0.717, 1.165) is 19.3 Å². The van der Waals surface area contributed by atoms with Crippen LogP contribution in [0.4, 0.5) is 4.39 Å². The van der Waals surface area contributed by atoms with Crippen LogP contribution < -0.4 is 0 Å². The third-order valence-electron chi connectivity index (χ3n) is 3.07. The standard InChI is InChI=1S/C13H12FIN2O/c14-9-4-5-11(12(15)7-9)13(18)17-6-2-1-3-10(17)8-16/h4-5,7,10H,1-3,6H2. The lowest BCUT2D eigenvalue weighted by atomic mass is 10.0. The summed E-state index contributed by atoms with van der Waals surface area (Å²) >= 11 is 1.95. The van der Waals surface area contributed by atoms with Crippen molar-refractivity contribution in [2.75, 3.05) is 6.54 Å². The molecule has 1 aliphatic heterocycles. The van der Waals surface area contributed by atoms with Crippen LogP contribution in [0.3, 0.4) is 0 Å². The van der Waals surface area contributed by atoms with Gasteiger partial charge in [-0.2, -0.15) is 5.26 Å². The Morgan fingerprint density at radius 1 is 1.50 bits per heavy atom. The number of benzene rings is 1. The number of carbonyl (C=O) groups excluding carboxylic acids is 1. The first kappa shape index (κ1) is 13.3. The van der Waals surface area contributed by atoms with Crippen molar-refractivity contribution in [2.24, 2.45) is 0 Å². The first-order valence-corrected chi connectivity index (χ1v) is 6.87. The van der Waals surface area contributed by atoms with Gasteiger partial charge >= 0.3 is 0 Å². The number of rotatable bonds is 1. The van der Waals surface area contributed by atoms with E-state index in [4.69, 9.17) is 5.26 Å². The molecule has 1 heterocycles. The first-order valence-electron chi connectivity index (χ1n) is 5.79. The van der Waals surface area contributed by atoms with Crippen LogP contribution in [0.15, 0.2) is 18.2 Å². The molecule has 1 aliphatic rings. The van der Waals surface area contributed by atoms with E-state index in [1.165, 1.54) is 18.2 Å². The molecule has 94 valence electrons. The van der Waals surface area contributed by atoms with Crippen molar-refractivity contribution in [1.29, 1.82) is 5.26 Å². The zero-order valence-corrected chi connectivity index (χ0v) is 11.9. The maximum atomic E-state index is 13.0. The van der Waals surface area contributed by atoms with E-state index in [2.05, 4.69) is 6.07 Å². The van der Waals surface area contributed by atoms with Gasteiger partial charge in [0.05, 0.1) is 11.6 Å². The van der Waals surface area contributed by atoms with Crippen molar-refractivity contribution < 1.29 is 9.18 Å². The van der Waals surface area contributed by atoms with Crippen molar-refractivity contribution in [3.63, 3.8) is 0 Å². The van der Waals surface area contributed by atoms with Crippen LogP contribution in [0.1, 0.15) is 29.6 Å². The smallest absolute Gasteiger partial charge is 0.256 e. The summed E-state index contributed by atoms with van der Waals surface area (Å²) in [5, 5.41) is 9.06. The van der Waals surface area contributed by atoms with Crippen LogP contribution in [0.5, 0.6) is 0 Å². The Kier molecular flexibility index (Phi) is 4.17. The normalized spacial score (nSPS) is 19.4. The van der Waals surface area contributed by atoms with Gasteiger partial charge in [0.25, 0.3) is 5.91 Å². The molecular formula is C13H12FIN2O. The fourth-order valence-electron chi connectivity index (χ4n) is 2.13. The summed E-state index contributed by atoms with van der Waals surface area (Å²) in [6, 6.07) is 5.91. The fourth-order valence-corrected chi connectivity index (χ4v) is 2.83. The molecule has 1 aromatic carbocycles. The quantitative estimate of drug-likeness (QED) is 0.725. The zero-order valence-electron chi connectivity index (χ0n) is 9.70. The molecule has 5 heteroatoms. The van der Waals surface area contributed by atoms with Gasteiger partial charge in [0.1, 0.15) is 11.9 Å². The Morgan fingerprint density at radius 3 is 2.94 bits per heavy atom. The van der Waals surface area contributed by atoms with E-state index >= 15 is 0 Å². The van der Waals surface area contributed by atoms with Crippen molar-refractivity contribution in [1.82, 2.24) is 4.90 Å². The van der Waals surface area contributed by atoms with E-state index in [1.54, 1.807) is 4.90 Å². The van der Waals surface area contributed by atoms with Crippen LogP contribution in [0, 0.1) is 20.7 Å². The Morgan fingerprint density at radius 2 is 2.28 bits per heavy atom. The van der Waals surface area contributed by atoms with Crippen molar-refractivity contribution in [2.45, 2.75) is 25.3 Å². The van der Waals surface area contributed by atoms with Crippen LogP contribution in [-0.4, -0.2) is 23.4 Å². The van der Waals surface area contributed by atoms with Gasteiger partial charge in [-0.15, -0.1) is 0 Å². The van der Waals surface area contributed by atoms with E-state index in [9.17, 15) is 9.18 Å². The predicted molar refractivity (Wildman–Crippen MR) is 73.4 cm³/mol. The molecule has 1 aromatic rings. The minimum absolute atomic E-state index is 0.175. The number of likely N-dealkylation sites (tertiary alicyclic amines) is 1. The average molecular weight is 358 g/mol. The monoisotopic (exact) mass is 358 g/mol. The number of piperidine rings is 1. The molecule has 1 amide bonds. The number of nitrogens with zero attached hydrogens (tertiary/aromatic N) is 2. The lowest BCUT2D eigenvalue weighted by Crippen LogP contribution is -2.43. The van der Waals surface area contributed by atoms with Crippen LogP contribution in [-0.2, 0) is 0 Å². The minimum atomic E-state index is -0.355. The van der Waals surface area contributed by atoms with E-state index < -0.39 is 0 Å². The van der Waals surface area contributed by atoms with Gasteiger partial charge in [-0.1, -0.05) is 0 Å². The van der Waals surface area contributed by atoms with Crippen molar-refractivity contribution >= 4 is 28.5 Å². The number of amides is 1. The predicted octanol–water partition coefficient (Wildman–Crippen LogP) is 2.95. The van der Waals surface area contributed by atoms with Crippen molar-refractivity contribution in [3.8, 4) is 6.07 Å². The largest absolute Gasteiger partial charge is 0.323 e. The van der Waals surface area contributed by atoms with Gasteiger partial charge in [-0.25, -0.2) is 4.39 Å². The molecule has 0 bridgehead atoms. The zero-order chi connectivity index (χ0) is 13.1. The summed E-state index contributed by atoms with van der Waals surface area (Å²) in [5.41, 5.74) is 0.471. The molecule has 1 saturated heterocycles. The van der Waals surface area contributed by atoms with Gasteiger partial charge in [0.2, 0.25) is 0 Å². The summed E-state index contributed by atoms with van der Waals surface area (Å²) in [7, 11) is 0. The minimum Gasteiger partial charge on any atom is -0.323 e. The highest BCUT2D eigenvalue weighted by Gasteiger charge is 2.28. The van der Waals surface area contributed by atoms with Gasteiger partial charge in [-0.3, -0.25) is 4.79 Å². The highest BCUT2D eigenvalue weighted by molar-refractivity contribution is 14.1. The summed E-state index contributed by atoms with van der Waals surface area (Å²) in [6.07, 6.45) is 2.62. The summed E-state index contributed by atoms with van der Waals surface area (Å²) in [5.74, 6) is -0.530. The fraction of sp³-hybridized carbons (Fsp3) is 0.385. The molecule has 0 saturated carbocycles. The molecule has 0 aromatic heterocycles. The summed E-state index contributed by atoms with van der Waals surface area (Å²) in [4.78, 5) is 13.9. The first-order chi connectivity index (χ1) is 8.63. The highest BCUT2D eigenvalue weighted by atomic mass is 127. The highest BCUT2D eigenvalue weighted by Crippen LogP contribution is 2.22. The number of hydrogen-bond donors (Lipinski definition) is 0. The molecule has 0 spiro atoms. The lowest BCUT2D eigenvalue weighted by Gasteiger charge is -2.31. The second kappa shape index (κ2) is 5.65. The van der Waals surface area contributed by atoms with Gasteiger partial charge < -0.3 is 4.90 Å². The van der Waals surface area contributed by atoms with Gasteiger partial charge in [0, 0.05) is 10.1 Å². The molecule has 1 fully saturated rings. The molecule has 0 aliphatic carbocycles. The third-order valence-corrected chi connectivity index (χ3v) is 3.97. The van der Waals surface area contributed by atoms with E-state index in [-0.39, 0.29) is 17.8 Å². The van der Waals surface area contributed by atoms with E-state index in [1.807, 2.05) is 22.6 Å². The molecule has 1 atom stereocenters. The Balaban J connectivity index is 2.27. The van der Waals surface area contributed by atoms with Gasteiger partial charge in [0.15, 0.2) is 0 Å². The topological polar surface area (TPSA) is 44.1 Å². The number of nitriles is 1. The Bertz CT molecular complexity index is 512. The van der Waals surface area contributed by atoms with Crippen LogP contribution in [0.25, 0.3) is 0 Å². The molecule has 1 unspecified atom stereocenters. The summed E-state index contributed by atoms with van der Waals surface area (Å²) < 4.78 is 13.6. The molecule has 3 nitrogen and oxygen atoms in total. The van der Waals surface area contributed by atoms with E-state index in [0.29, 0.717) is 15.7 Å². The molecule has 18 heavy (non-hydrogen) atoms.